The number of carbonyl (C=O) groups excluding carboxylic acids is 1. The summed E-state index contributed by atoms with van der Waals surface area (Å²) in [5.41, 5.74) is -3.16. The van der Waals surface area contributed by atoms with Crippen molar-refractivity contribution in [3.63, 3.8) is 0 Å². The molecule has 0 bridgehead atoms. The Morgan fingerprint density at radius 3 is 2.46 bits per heavy atom. The molecule has 1 atom stereocenters. The number of benzene rings is 1. The number of halogens is 3. The van der Waals surface area contributed by atoms with Gasteiger partial charge in [-0.25, -0.2) is 0 Å². The van der Waals surface area contributed by atoms with Crippen LogP contribution >= 0.6 is 0 Å². The second-order valence-electron chi connectivity index (χ2n) is 5.26. The standard InChI is InChI=1S/C16H12F3N3O2/c17-16(18,19)15(24)9-13(12-7-4-8-20-10-12)21-22(15)14(23)11-5-2-1-3-6-11/h1-8,10,24H,9H2/t15-/m0/s1. The Kier molecular flexibility index (Phi) is 3.84. The van der Waals surface area contributed by atoms with E-state index in [0.717, 1.165) is 0 Å². The SMILES string of the molecule is O=C(c1ccccc1)N1N=C(c2cccnc2)C[C@]1(O)C(F)(F)F. The first-order valence-electron chi connectivity index (χ1n) is 6.99. The minimum Gasteiger partial charge on any atom is -0.362 e. The summed E-state index contributed by atoms with van der Waals surface area (Å²) in [6.45, 7) is 0. The Balaban J connectivity index is 2.05. The Labute approximate surface area is 135 Å². The lowest BCUT2D eigenvalue weighted by atomic mass is 10.0. The number of pyridine rings is 1. The molecular weight excluding hydrogens is 323 g/mol. The van der Waals surface area contributed by atoms with Crippen LogP contribution in [0.15, 0.2) is 60.0 Å². The summed E-state index contributed by atoms with van der Waals surface area (Å²) < 4.78 is 40.3. The summed E-state index contributed by atoms with van der Waals surface area (Å²) in [5.74, 6) is -1.03. The molecule has 0 unspecified atom stereocenters. The number of aromatic nitrogens is 1. The molecule has 0 saturated heterocycles. The molecule has 1 aromatic carbocycles. The van der Waals surface area contributed by atoms with Crippen LogP contribution in [0.5, 0.6) is 0 Å². The predicted molar refractivity (Wildman–Crippen MR) is 79.0 cm³/mol. The molecule has 1 aliphatic heterocycles. The highest BCUT2D eigenvalue weighted by atomic mass is 19.4. The minimum atomic E-state index is -5.06. The van der Waals surface area contributed by atoms with Crippen LogP contribution in [0.2, 0.25) is 0 Å². The van der Waals surface area contributed by atoms with Gasteiger partial charge in [-0.05, 0) is 18.2 Å². The number of nitrogens with zero attached hydrogens (tertiary/aromatic N) is 3. The summed E-state index contributed by atoms with van der Waals surface area (Å²) in [5, 5.41) is 14.0. The van der Waals surface area contributed by atoms with Gasteiger partial charge in [0.15, 0.2) is 0 Å². The van der Waals surface area contributed by atoms with Crippen molar-refractivity contribution in [1.82, 2.24) is 9.99 Å². The molecule has 0 fully saturated rings. The fraction of sp³-hybridized carbons (Fsp3) is 0.188. The third kappa shape index (κ3) is 2.65. The summed E-state index contributed by atoms with van der Waals surface area (Å²) >= 11 is 0. The molecule has 2 heterocycles. The van der Waals surface area contributed by atoms with Crippen molar-refractivity contribution in [3.05, 3.63) is 66.0 Å². The lowest BCUT2D eigenvalue weighted by Gasteiger charge is -2.32. The summed E-state index contributed by atoms with van der Waals surface area (Å²) in [6, 6.07) is 10.4. The van der Waals surface area contributed by atoms with Crippen LogP contribution < -0.4 is 0 Å². The molecule has 3 rings (SSSR count). The minimum absolute atomic E-state index is 0.00337. The van der Waals surface area contributed by atoms with Crippen LogP contribution in [0.25, 0.3) is 0 Å². The molecular formula is C16H12F3N3O2. The van der Waals surface area contributed by atoms with E-state index in [1.165, 1.54) is 48.8 Å². The first kappa shape index (κ1) is 16.1. The Morgan fingerprint density at radius 2 is 1.88 bits per heavy atom. The van der Waals surface area contributed by atoms with Gasteiger partial charge in [0.25, 0.3) is 11.6 Å². The zero-order valence-corrected chi connectivity index (χ0v) is 12.2. The molecule has 24 heavy (non-hydrogen) atoms. The number of carbonyl (C=O) groups is 1. The first-order valence-corrected chi connectivity index (χ1v) is 6.99. The second-order valence-corrected chi connectivity index (χ2v) is 5.26. The van der Waals surface area contributed by atoms with Gasteiger partial charge in [0.05, 0.1) is 12.1 Å². The summed E-state index contributed by atoms with van der Waals surface area (Å²) in [6.07, 6.45) is -3.14. The highest BCUT2D eigenvalue weighted by Gasteiger charge is 2.63. The van der Waals surface area contributed by atoms with Gasteiger partial charge in [0, 0.05) is 23.5 Å². The van der Waals surface area contributed by atoms with Gasteiger partial charge in [-0.1, -0.05) is 24.3 Å². The molecule has 0 aliphatic carbocycles. The highest BCUT2D eigenvalue weighted by molar-refractivity contribution is 6.05. The number of amides is 1. The van der Waals surface area contributed by atoms with Gasteiger partial charge < -0.3 is 5.11 Å². The van der Waals surface area contributed by atoms with Gasteiger partial charge in [-0.15, -0.1) is 0 Å². The van der Waals surface area contributed by atoms with Crippen LogP contribution in [-0.4, -0.2) is 38.6 Å². The Hall–Kier alpha value is -2.74. The maximum Gasteiger partial charge on any atom is 0.438 e. The van der Waals surface area contributed by atoms with E-state index in [0.29, 0.717) is 5.56 Å². The van der Waals surface area contributed by atoms with E-state index < -0.39 is 24.2 Å². The third-order valence-electron chi connectivity index (χ3n) is 3.65. The Bertz CT molecular complexity index is 778. The maximum absolute atomic E-state index is 13.4. The first-order chi connectivity index (χ1) is 11.3. The molecule has 1 N–H and O–H groups in total. The molecule has 1 amide bonds. The normalized spacial score (nSPS) is 20.8. The van der Waals surface area contributed by atoms with E-state index in [1.54, 1.807) is 6.07 Å². The van der Waals surface area contributed by atoms with Crippen molar-refractivity contribution in [2.24, 2.45) is 5.10 Å². The zero-order valence-electron chi connectivity index (χ0n) is 12.2. The van der Waals surface area contributed by atoms with E-state index >= 15 is 0 Å². The largest absolute Gasteiger partial charge is 0.438 e. The van der Waals surface area contributed by atoms with Crippen LogP contribution in [-0.2, 0) is 0 Å². The van der Waals surface area contributed by atoms with Gasteiger partial charge in [-0.2, -0.15) is 23.3 Å². The second kappa shape index (κ2) is 5.72. The van der Waals surface area contributed by atoms with Gasteiger partial charge in [-0.3, -0.25) is 9.78 Å². The number of alkyl halides is 3. The molecule has 1 aliphatic rings. The van der Waals surface area contributed by atoms with Crippen LogP contribution in [0, 0.1) is 0 Å². The van der Waals surface area contributed by atoms with Crippen molar-refractivity contribution < 1.29 is 23.1 Å². The van der Waals surface area contributed by atoms with E-state index in [9.17, 15) is 23.1 Å². The van der Waals surface area contributed by atoms with E-state index in [2.05, 4.69) is 10.1 Å². The van der Waals surface area contributed by atoms with Gasteiger partial charge in [0.1, 0.15) is 0 Å². The fourth-order valence-electron chi connectivity index (χ4n) is 2.38. The molecule has 5 nitrogen and oxygen atoms in total. The van der Waals surface area contributed by atoms with E-state index in [4.69, 9.17) is 0 Å². The number of aliphatic hydroxyl groups is 1. The van der Waals surface area contributed by atoms with Crippen molar-refractivity contribution in [1.29, 1.82) is 0 Å². The lowest BCUT2D eigenvalue weighted by molar-refractivity contribution is -0.297. The maximum atomic E-state index is 13.4. The summed E-state index contributed by atoms with van der Waals surface area (Å²) in [4.78, 5) is 16.2. The zero-order chi connectivity index (χ0) is 17.4. The number of rotatable bonds is 2. The summed E-state index contributed by atoms with van der Waals surface area (Å²) in [7, 11) is 0. The van der Waals surface area contributed by atoms with Crippen LogP contribution in [0.4, 0.5) is 13.2 Å². The van der Waals surface area contributed by atoms with Crippen molar-refractivity contribution in [3.8, 4) is 0 Å². The average molecular weight is 335 g/mol. The fourth-order valence-corrected chi connectivity index (χ4v) is 2.38. The number of hydrogen-bond acceptors (Lipinski definition) is 4. The molecule has 0 saturated carbocycles. The highest BCUT2D eigenvalue weighted by Crippen LogP contribution is 2.41. The average Bonchev–Trinajstić information content (AvgIpc) is 2.95. The van der Waals surface area contributed by atoms with Gasteiger partial charge >= 0.3 is 6.18 Å². The molecule has 2 aromatic rings. The number of hydrogen-bond donors (Lipinski definition) is 1. The molecule has 124 valence electrons. The van der Waals surface area contributed by atoms with Crippen molar-refractivity contribution >= 4 is 11.6 Å². The smallest absolute Gasteiger partial charge is 0.362 e. The van der Waals surface area contributed by atoms with E-state index in [1.807, 2.05) is 0 Å². The van der Waals surface area contributed by atoms with Crippen molar-refractivity contribution in [2.45, 2.75) is 18.3 Å². The quantitative estimate of drug-likeness (QED) is 0.917. The molecule has 0 spiro atoms. The Morgan fingerprint density at radius 1 is 1.17 bits per heavy atom. The molecule has 0 radical (unpaired) electrons. The lowest BCUT2D eigenvalue weighted by Crippen LogP contribution is -2.56. The van der Waals surface area contributed by atoms with Gasteiger partial charge in [0.2, 0.25) is 0 Å². The van der Waals surface area contributed by atoms with Crippen LogP contribution in [0.3, 0.4) is 0 Å². The number of hydrazone groups is 1. The molecule has 1 aromatic heterocycles. The third-order valence-corrected chi connectivity index (χ3v) is 3.65. The topological polar surface area (TPSA) is 65.8 Å². The van der Waals surface area contributed by atoms with E-state index in [-0.39, 0.29) is 16.3 Å². The monoisotopic (exact) mass is 335 g/mol. The predicted octanol–water partition coefficient (Wildman–Crippen LogP) is 2.58. The molecule has 8 heteroatoms. The van der Waals surface area contributed by atoms with Crippen LogP contribution in [0.1, 0.15) is 22.3 Å². The van der Waals surface area contributed by atoms with Crippen molar-refractivity contribution in [2.75, 3.05) is 0 Å².